The van der Waals surface area contributed by atoms with Crippen LogP contribution in [0.3, 0.4) is 0 Å². The van der Waals surface area contributed by atoms with Gasteiger partial charge < -0.3 is 14.5 Å². The van der Waals surface area contributed by atoms with Crippen molar-refractivity contribution in [2.75, 3.05) is 33.2 Å². The molecule has 31 heavy (non-hydrogen) atoms. The van der Waals surface area contributed by atoms with Crippen molar-refractivity contribution in [1.29, 1.82) is 0 Å². The first kappa shape index (κ1) is 20.2. The van der Waals surface area contributed by atoms with E-state index in [-0.39, 0.29) is 11.9 Å². The Kier molecular flexibility index (Phi) is 5.02. The molecule has 0 spiro atoms. The van der Waals surface area contributed by atoms with Crippen LogP contribution in [0.1, 0.15) is 31.3 Å². The predicted octanol–water partition coefficient (Wildman–Crippen LogP) is 4.36. The molecule has 4 heterocycles. The second kappa shape index (κ2) is 7.73. The van der Waals surface area contributed by atoms with Crippen LogP contribution in [0.5, 0.6) is 0 Å². The third kappa shape index (κ3) is 3.62. The minimum atomic E-state index is -0.286. The van der Waals surface area contributed by atoms with Crippen molar-refractivity contribution in [3.05, 3.63) is 47.8 Å². The maximum atomic E-state index is 15.0. The van der Waals surface area contributed by atoms with E-state index < -0.39 is 0 Å². The van der Waals surface area contributed by atoms with E-state index in [1.807, 2.05) is 25.4 Å². The number of aromatic amines is 1. The number of piperazine rings is 1. The lowest BCUT2D eigenvalue weighted by atomic mass is 10.0. The Balaban J connectivity index is 1.55. The summed E-state index contributed by atoms with van der Waals surface area (Å²) in [6, 6.07) is 6.04. The molecule has 4 aromatic rings. The average Bonchev–Trinajstić information content (AvgIpc) is 3.30. The summed E-state index contributed by atoms with van der Waals surface area (Å²) >= 11 is 0. The molecule has 1 fully saturated rings. The topological polar surface area (TPSA) is 53.0 Å². The van der Waals surface area contributed by atoms with Crippen molar-refractivity contribution < 1.29 is 4.39 Å². The molecule has 1 N–H and O–H groups in total. The highest BCUT2D eigenvalue weighted by molar-refractivity contribution is 5.96. The van der Waals surface area contributed by atoms with Crippen LogP contribution in [0.2, 0.25) is 0 Å². The highest BCUT2D eigenvalue weighted by Crippen LogP contribution is 2.33. The van der Waals surface area contributed by atoms with Crippen molar-refractivity contribution in [1.82, 2.24) is 29.3 Å². The predicted molar refractivity (Wildman–Crippen MR) is 123 cm³/mol. The lowest BCUT2D eigenvalue weighted by Gasteiger charge is -2.32. The van der Waals surface area contributed by atoms with E-state index in [0.717, 1.165) is 66.2 Å². The Bertz CT molecular complexity index is 1250. The molecule has 7 heteroatoms. The van der Waals surface area contributed by atoms with Crippen molar-refractivity contribution in [2.45, 2.75) is 33.4 Å². The number of nitrogens with one attached hydrogen (secondary N) is 1. The average molecular weight is 421 g/mol. The molecule has 0 amide bonds. The molecule has 6 nitrogen and oxygen atoms in total. The van der Waals surface area contributed by atoms with Gasteiger partial charge in [-0.05, 0) is 57.1 Å². The van der Waals surface area contributed by atoms with Gasteiger partial charge in [0, 0.05) is 62.1 Å². The van der Waals surface area contributed by atoms with Gasteiger partial charge in [-0.1, -0.05) is 0 Å². The summed E-state index contributed by atoms with van der Waals surface area (Å²) in [5.74, 6) is 0.544. The quantitative estimate of drug-likeness (QED) is 0.533. The first-order valence-electron chi connectivity index (χ1n) is 11.0. The number of rotatable bonds is 4. The summed E-state index contributed by atoms with van der Waals surface area (Å²) in [7, 11) is 2.17. The van der Waals surface area contributed by atoms with Gasteiger partial charge in [-0.15, -0.1) is 0 Å². The molecule has 162 valence electrons. The fraction of sp³-hybridized carbons (Fsp3) is 0.417. The third-order valence-corrected chi connectivity index (χ3v) is 6.34. The van der Waals surface area contributed by atoms with E-state index in [1.54, 1.807) is 6.07 Å². The van der Waals surface area contributed by atoms with Crippen LogP contribution in [0, 0.1) is 12.7 Å². The van der Waals surface area contributed by atoms with Crippen LogP contribution < -0.4 is 0 Å². The van der Waals surface area contributed by atoms with E-state index in [9.17, 15) is 0 Å². The van der Waals surface area contributed by atoms with E-state index in [1.165, 1.54) is 5.56 Å². The molecule has 0 bridgehead atoms. The van der Waals surface area contributed by atoms with Crippen LogP contribution in [0.4, 0.5) is 4.39 Å². The fourth-order valence-corrected chi connectivity index (χ4v) is 4.71. The van der Waals surface area contributed by atoms with Crippen LogP contribution in [0.25, 0.3) is 33.2 Å². The number of fused-ring (bicyclic) bond motifs is 2. The Labute approximate surface area is 181 Å². The first-order chi connectivity index (χ1) is 14.9. The summed E-state index contributed by atoms with van der Waals surface area (Å²) < 4.78 is 17.1. The Morgan fingerprint density at radius 3 is 2.65 bits per heavy atom. The first-order valence-corrected chi connectivity index (χ1v) is 11.0. The van der Waals surface area contributed by atoms with Crippen LogP contribution in [-0.2, 0) is 6.54 Å². The lowest BCUT2D eigenvalue weighted by molar-refractivity contribution is 0.148. The summed E-state index contributed by atoms with van der Waals surface area (Å²) in [5.41, 5.74) is 5.09. The monoisotopic (exact) mass is 420 g/mol. The van der Waals surface area contributed by atoms with Crippen molar-refractivity contribution >= 4 is 22.1 Å². The molecule has 1 aliphatic rings. The number of aromatic nitrogens is 4. The molecule has 1 aliphatic heterocycles. The number of hydrogen-bond donors (Lipinski definition) is 1. The molecule has 0 saturated carbocycles. The third-order valence-electron chi connectivity index (χ3n) is 6.34. The number of likely N-dealkylation sites (N-methyl/N-ethyl adjacent to an activating group) is 1. The Morgan fingerprint density at radius 1 is 1.13 bits per heavy atom. The van der Waals surface area contributed by atoms with Gasteiger partial charge >= 0.3 is 0 Å². The normalized spacial score (nSPS) is 16.2. The molecule has 1 saturated heterocycles. The van der Waals surface area contributed by atoms with Crippen LogP contribution >= 0.6 is 0 Å². The van der Waals surface area contributed by atoms with E-state index in [0.29, 0.717) is 5.52 Å². The minimum Gasteiger partial charge on any atom is -0.346 e. The molecule has 5 rings (SSSR count). The van der Waals surface area contributed by atoms with E-state index in [4.69, 9.17) is 0 Å². The maximum Gasteiger partial charge on any atom is 0.151 e. The standard InChI is InChI=1S/C24H29FN6/c1-15(2)31-16(3)28-23-21(25)10-18(11-22(23)31)20-13-27-24-19(20)9-17(12-26-24)14-30-7-5-29(4)6-8-30/h9-13,15H,5-8,14H2,1-4H3,(H,26,27). The number of hydrogen-bond acceptors (Lipinski definition) is 4. The zero-order valence-electron chi connectivity index (χ0n) is 18.6. The molecule has 0 unspecified atom stereocenters. The Morgan fingerprint density at radius 2 is 1.90 bits per heavy atom. The number of aryl methyl sites for hydroxylation is 1. The fourth-order valence-electron chi connectivity index (χ4n) is 4.71. The zero-order valence-corrected chi connectivity index (χ0v) is 18.6. The van der Waals surface area contributed by atoms with Gasteiger partial charge in [-0.2, -0.15) is 0 Å². The smallest absolute Gasteiger partial charge is 0.151 e. The maximum absolute atomic E-state index is 15.0. The van der Waals surface area contributed by atoms with Gasteiger partial charge in [0.05, 0.1) is 5.52 Å². The highest BCUT2D eigenvalue weighted by Gasteiger charge is 2.18. The van der Waals surface area contributed by atoms with Gasteiger partial charge in [0.25, 0.3) is 0 Å². The minimum absolute atomic E-state index is 0.208. The summed E-state index contributed by atoms with van der Waals surface area (Å²) in [5, 5.41) is 1.03. The molecular formula is C24H29FN6. The van der Waals surface area contributed by atoms with Gasteiger partial charge in [0.1, 0.15) is 17.0 Å². The van der Waals surface area contributed by atoms with Crippen molar-refractivity contribution in [2.24, 2.45) is 0 Å². The zero-order chi connectivity index (χ0) is 21.7. The number of halogens is 1. The number of benzene rings is 1. The van der Waals surface area contributed by atoms with Gasteiger partial charge in [0.15, 0.2) is 5.82 Å². The molecular weight excluding hydrogens is 391 g/mol. The SMILES string of the molecule is Cc1nc2c(F)cc(-c3c[nH]c4ncc(CN5CCN(C)CC5)cc34)cc2n1C(C)C. The summed E-state index contributed by atoms with van der Waals surface area (Å²) in [6.07, 6.45) is 3.88. The molecule has 1 aromatic carbocycles. The van der Waals surface area contributed by atoms with Crippen LogP contribution in [-0.4, -0.2) is 62.5 Å². The number of imidazole rings is 1. The van der Waals surface area contributed by atoms with Crippen LogP contribution in [0.15, 0.2) is 30.6 Å². The van der Waals surface area contributed by atoms with Gasteiger partial charge in [-0.25, -0.2) is 14.4 Å². The number of H-pyrrole nitrogens is 1. The van der Waals surface area contributed by atoms with Gasteiger partial charge in [-0.3, -0.25) is 4.90 Å². The highest BCUT2D eigenvalue weighted by atomic mass is 19.1. The molecule has 0 aliphatic carbocycles. The van der Waals surface area contributed by atoms with E-state index in [2.05, 4.69) is 56.3 Å². The molecule has 0 radical (unpaired) electrons. The molecule has 3 aromatic heterocycles. The van der Waals surface area contributed by atoms with Gasteiger partial charge in [0.2, 0.25) is 0 Å². The van der Waals surface area contributed by atoms with Crippen molar-refractivity contribution in [3.8, 4) is 11.1 Å². The summed E-state index contributed by atoms with van der Waals surface area (Å²) in [6.45, 7) is 11.3. The summed E-state index contributed by atoms with van der Waals surface area (Å²) in [4.78, 5) is 17.2. The molecule has 0 atom stereocenters. The second-order valence-electron chi connectivity index (χ2n) is 8.97. The number of pyridine rings is 1. The van der Waals surface area contributed by atoms with Crippen molar-refractivity contribution in [3.63, 3.8) is 0 Å². The second-order valence-corrected chi connectivity index (χ2v) is 8.97. The lowest BCUT2D eigenvalue weighted by Crippen LogP contribution is -2.43. The van der Waals surface area contributed by atoms with E-state index >= 15 is 4.39 Å². The number of nitrogens with zero attached hydrogens (tertiary/aromatic N) is 5. The largest absolute Gasteiger partial charge is 0.346 e. The Hall–Kier alpha value is -2.77.